The van der Waals surface area contributed by atoms with E-state index in [0.29, 0.717) is 6.61 Å². The molecule has 0 aromatic heterocycles. The highest BCUT2D eigenvalue weighted by molar-refractivity contribution is 6.49. The zero-order chi connectivity index (χ0) is 11.3. The molecule has 1 aliphatic carbocycles. The van der Waals surface area contributed by atoms with Gasteiger partial charge in [0.1, 0.15) is 4.33 Å². The molecule has 1 saturated carbocycles. The van der Waals surface area contributed by atoms with Crippen molar-refractivity contribution in [2.45, 2.75) is 49.8 Å². The maximum Gasteiger partial charge on any atom is 0.308 e. The van der Waals surface area contributed by atoms with Crippen LogP contribution in [0.15, 0.2) is 0 Å². The summed E-state index contributed by atoms with van der Waals surface area (Å²) in [6, 6.07) is 0. The van der Waals surface area contributed by atoms with E-state index in [4.69, 9.17) is 27.9 Å². The van der Waals surface area contributed by atoms with Crippen LogP contribution in [0.3, 0.4) is 0 Å². The van der Waals surface area contributed by atoms with Gasteiger partial charge in [0, 0.05) is 0 Å². The van der Waals surface area contributed by atoms with Crippen molar-refractivity contribution in [1.29, 1.82) is 0 Å². The summed E-state index contributed by atoms with van der Waals surface area (Å²) in [5.41, 5.74) is 0. The van der Waals surface area contributed by atoms with Crippen LogP contribution in [-0.4, -0.2) is 16.9 Å². The SMILES string of the molecule is CCOC(=O)CC(Cl)(Cl)C1CCCCC1. The van der Waals surface area contributed by atoms with Crippen molar-refractivity contribution in [3.8, 4) is 0 Å². The summed E-state index contributed by atoms with van der Waals surface area (Å²) in [7, 11) is 0. The number of ether oxygens (including phenoxy) is 1. The lowest BCUT2D eigenvalue weighted by atomic mass is 9.85. The zero-order valence-corrected chi connectivity index (χ0v) is 10.6. The van der Waals surface area contributed by atoms with Crippen LogP contribution in [0, 0.1) is 5.92 Å². The molecule has 0 aromatic carbocycles. The van der Waals surface area contributed by atoms with Crippen molar-refractivity contribution in [2.24, 2.45) is 5.92 Å². The molecule has 15 heavy (non-hydrogen) atoms. The standard InChI is InChI=1S/C11H18Cl2O2/c1-2-15-10(14)8-11(12,13)9-6-4-3-5-7-9/h9H,2-8H2,1H3. The van der Waals surface area contributed by atoms with Gasteiger partial charge < -0.3 is 4.74 Å². The van der Waals surface area contributed by atoms with Gasteiger partial charge in [0.15, 0.2) is 0 Å². The molecule has 0 aromatic rings. The Labute approximate surface area is 101 Å². The van der Waals surface area contributed by atoms with Crippen LogP contribution < -0.4 is 0 Å². The molecular formula is C11H18Cl2O2. The molecule has 1 fully saturated rings. The molecular weight excluding hydrogens is 235 g/mol. The fourth-order valence-corrected chi connectivity index (χ4v) is 2.73. The molecule has 1 rings (SSSR count). The summed E-state index contributed by atoms with van der Waals surface area (Å²) in [6.45, 7) is 2.16. The fourth-order valence-electron chi connectivity index (χ4n) is 2.07. The number of hydrogen-bond acceptors (Lipinski definition) is 2. The predicted octanol–water partition coefficient (Wildman–Crippen LogP) is 3.69. The molecule has 0 spiro atoms. The minimum atomic E-state index is -0.938. The third-order valence-corrected chi connectivity index (χ3v) is 3.77. The Hall–Kier alpha value is 0.0500. The summed E-state index contributed by atoms with van der Waals surface area (Å²) >= 11 is 12.4. The van der Waals surface area contributed by atoms with Crippen LogP contribution in [0.2, 0.25) is 0 Å². The number of alkyl halides is 2. The third-order valence-electron chi connectivity index (χ3n) is 2.89. The van der Waals surface area contributed by atoms with Crippen LogP contribution in [0.5, 0.6) is 0 Å². The minimum absolute atomic E-state index is 0.106. The quantitative estimate of drug-likeness (QED) is 0.564. The summed E-state index contributed by atoms with van der Waals surface area (Å²) in [6.07, 6.45) is 5.72. The predicted molar refractivity (Wildman–Crippen MR) is 62.3 cm³/mol. The van der Waals surface area contributed by atoms with Gasteiger partial charge >= 0.3 is 5.97 Å². The summed E-state index contributed by atoms with van der Waals surface area (Å²) in [5.74, 6) is -0.0629. The molecule has 0 saturated heterocycles. The molecule has 88 valence electrons. The highest BCUT2D eigenvalue weighted by Crippen LogP contribution is 2.42. The molecule has 0 atom stereocenters. The lowest BCUT2D eigenvalue weighted by molar-refractivity contribution is -0.143. The Balaban J connectivity index is 2.45. The summed E-state index contributed by atoms with van der Waals surface area (Å²) in [4.78, 5) is 11.3. The number of carbonyl (C=O) groups is 1. The first kappa shape index (κ1) is 13.1. The van der Waals surface area contributed by atoms with E-state index in [2.05, 4.69) is 0 Å². The Morgan fingerprint density at radius 1 is 1.33 bits per heavy atom. The lowest BCUT2D eigenvalue weighted by Crippen LogP contribution is -2.31. The van der Waals surface area contributed by atoms with Gasteiger partial charge in [-0.15, -0.1) is 23.2 Å². The largest absolute Gasteiger partial charge is 0.466 e. The first-order chi connectivity index (χ1) is 7.06. The maximum atomic E-state index is 11.3. The van der Waals surface area contributed by atoms with Gasteiger partial charge in [-0.2, -0.15) is 0 Å². The van der Waals surface area contributed by atoms with Crippen LogP contribution in [0.25, 0.3) is 0 Å². The lowest BCUT2D eigenvalue weighted by Gasteiger charge is -2.32. The van der Waals surface area contributed by atoms with E-state index in [1.807, 2.05) is 0 Å². The van der Waals surface area contributed by atoms with Crippen molar-refractivity contribution in [2.75, 3.05) is 6.61 Å². The number of halogens is 2. The van der Waals surface area contributed by atoms with E-state index in [9.17, 15) is 4.79 Å². The smallest absolute Gasteiger partial charge is 0.308 e. The first-order valence-corrected chi connectivity index (χ1v) is 6.35. The second-order valence-corrected chi connectivity index (χ2v) is 5.62. The Morgan fingerprint density at radius 3 is 2.47 bits per heavy atom. The average Bonchev–Trinajstić information content (AvgIpc) is 2.18. The molecule has 0 radical (unpaired) electrons. The molecule has 0 unspecified atom stereocenters. The molecule has 1 aliphatic rings. The second-order valence-electron chi connectivity index (χ2n) is 4.08. The molecule has 0 heterocycles. The third kappa shape index (κ3) is 4.20. The summed E-state index contributed by atoms with van der Waals surface area (Å²) < 4.78 is 3.92. The van der Waals surface area contributed by atoms with Crippen LogP contribution >= 0.6 is 23.2 Å². The van der Waals surface area contributed by atoms with Gasteiger partial charge in [-0.25, -0.2) is 0 Å². The Morgan fingerprint density at radius 2 is 1.93 bits per heavy atom. The molecule has 2 nitrogen and oxygen atoms in total. The van der Waals surface area contributed by atoms with Crippen molar-refractivity contribution in [3.63, 3.8) is 0 Å². The van der Waals surface area contributed by atoms with E-state index < -0.39 is 4.33 Å². The number of carbonyl (C=O) groups excluding carboxylic acids is 1. The summed E-state index contributed by atoms with van der Waals surface area (Å²) in [5, 5.41) is 0. The molecule has 4 heteroatoms. The first-order valence-electron chi connectivity index (χ1n) is 5.59. The highest BCUT2D eigenvalue weighted by atomic mass is 35.5. The van der Waals surface area contributed by atoms with Crippen LogP contribution in [0.4, 0.5) is 0 Å². The Bertz CT molecular complexity index is 211. The van der Waals surface area contributed by atoms with E-state index in [1.165, 1.54) is 6.42 Å². The topological polar surface area (TPSA) is 26.3 Å². The van der Waals surface area contributed by atoms with Gasteiger partial charge in [-0.1, -0.05) is 19.3 Å². The van der Waals surface area contributed by atoms with Gasteiger partial charge in [-0.05, 0) is 25.7 Å². The number of hydrogen-bond donors (Lipinski definition) is 0. The molecule has 0 bridgehead atoms. The van der Waals surface area contributed by atoms with Gasteiger partial charge in [-0.3, -0.25) is 4.79 Å². The number of esters is 1. The molecule has 0 N–H and O–H groups in total. The minimum Gasteiger partial charge on any atom is -0.466 e. The van der Waals surface area contributed by atoms with E-state index in [1.54, 1.807) is 6.92 Å². The molecule has 0 amide bonds. The zero-order valence-electron chi connectivity index (χ0n) is 9.10. The van der Waals surface area contributed by atoms with E-state index in [0.717, 1.165) is 25.7 Å². The maximum absolute atomic E-state index is 11.3. The van der Waals surface area contributed by atoms with Crippen molar-refractivity contribution in [3.05, 3.63) is 0 Å². The Kier molecular flexibility index (Phi) is 5.20. The van der Waals surface area contributed by atoms with Crippen LogP contribution in [-0.2, 0) is 9.53 Å². The highest BCUT2D eigenvalue weighted by Gasteiger charge is 2.37. The molecule has 0 aliphatic heterocycles. The van der Waals surface area contributed by atoms with Gasteiger partial charge in [0.25, 0.3) is 0 Å². The number of rotatable bonds is 4. The average molecular weight is 253 g/mol. The van der Waals surface area contributed by atoms with Gasteiger partial charge in [0.2, 0.25) is 0 Å². The van der Waals surface area contributed by atoms with Crippen molar-refractivity contribution in [1.82, 2.24) is 0 Å². The van der Waals surface area contributed by atoms with Crippen molar-refractivity contribution >= 4 is 29.2 Å². The monoisotopic (exact) mass is 252 g/mol. The fraction of sp³-hybridized carbons (Fsp3) is 0.909. The second kappa shape index (κ2) is 5.95. The van der Waals surface area contributed by atoms with Crippen molar-refractivity contribution < 1.29 is 9.53 Å². The van der Waals surface area contributed by atoms with E-state index >= 15 is 0 Å². The van der Waals surface area contributed by atoms with Crippen LogP contribution in [0.1, 0.15) is 45.4 Å². The van der Waals surface area contributed by atoms with Gasteiger partial charge in [0.05, 0.1) is 13.0 Å². The van der Waals surface area contributed by atoms with E-state index in [-0.39, 0.29) is 18.3 Å². The normalized spacial score (nSPS) is 18.9.